The van der Waals surface area contributed by atoms with Gasteiger partial charge in [0.05, 0.1) is 10.6 Å². The number of urea groups is 1. The molecule has 0 fully saturated rings. The molecule has 0 saturated carbocycles. The van der Waals surface area contributed by atoms with E-state index in [1.54, 1.807) is 36.7 Å². The van der Waals surface area contributed by atoms with E-state index in [2.05, 4.69) is 15.6 Å². The Labute approximate surface area is 158 Å². The van der Waals surface area contributed by atoms with Gasteiger partial charge < -0.3 is 10.6 Å². The summed E-state index contributed by atoms with van der Waals surface area (Å²) in [6.45, 7) is 0.373. The maximum Gasteiger partial charge on any atom is 0.319 e. The van der Waals surface area contributed by atoms with E-state index in [4.69, 9.17) is 0 Å². The van der Waals surface area contributed by atoms with Gasteiger partial charge in [-0.1, -0.05) is 30.3 Å². The lowest BCUT2D eigenvalue weighted by molar-refractivity contribution is 0.251. The third-order valence-corrected chi connectivity index (χ3v) is 5.58. The van der Waals surface area contributed by atoms with Crippen LogP contribution >= 0.6 is 0 Å². The van der Waals surface area contributed by atoms with Gasteiger partial charge in [0.2, 0.25) is 0 Å². The van der Waals surface area contributed by atoms with Crippen molar-refractivity contribution in [2.24, 2.45) is 0 Å². The number of anilines is 1. The van der Waals surface area contributed by atoms with Crippen molar-refractivity contribution in [1.29, 1.82) is 0 Å². The van der Waals surface area contributed by atoms with E-state index in [0.29, 0.717) is 12.2 Å². The Morgan fingerprint density at radius 2 is 1.52 bits per heavy atom. The first kappa shape index (κ1) is 18.6. The van der Waals surface area contributed by atoms with Crippen molar-refractivity contribution < 1.29 is 13.2 Å². The molecule has 0 aliphatic rings. The van der Waals surface area contributed by atoms with Gasteiger partial charge in [0.1, 0.15) is 0 Å². The van der Waals surface area contributed by atoms with Gasteiger partial charge in [0.15, 0.2) is 9.84 Å². The zero-order valence-electron chi connectivity index (χ0n) is 14.5. The van der Waals surface area contributed by atoms with Crippen LogP contribution < -0.4 is 10.6 Å². The van der Waals surface area contributed by atoms with Crippen LogP contribution in [0.4, 0.5) is 10.5 Å². The minimum absolute atomic E-state index is 0.0625. The average Bonchev–Trinajstić information content (AvgIpc) is 2.68. The Balaban J connectivity index is 1.59. The molecule has 0 aliphatic carbocycles. The van der Waals surface area contributed by atoms with E-state index < -0.39 is 9.84 Å². The first-order valence-corrected chi connectivity index (χ1v) is 9.99. The molecule has 2 aromatic carbocycles. The maximum atomic E-state index is 12.5. The summed E-state index contributed by atoms with van der Waals surface area (Å²) in [5, 5.41) is 5.41. The second-order valence-corrected chi connectivity index (χ2v) is 7.92. The molecular weight excluding hydrogens is 362 g/mol. The molecule has 0 unspecified atom stereocenters. The second-order valence-electron chi connectivity index (χ2n) is 5.93. The monoisotopic (exact) mass is 381 g/mol. The Hall–Kier alpha value is -3.19. The third-order valence-electron chi connectivity index (χ3n) is 3.87. The topological polar surface area (TPSA) is 88.2 Å². The first-order valence-electron chi connectivity index (χ1n) is 8.33. The fourth-order valence-electron chi connectivity index (χ4n) is 2.48. The molecule has 7 heteroatoms. The highest BCUT2D eigenvalue weighted by molar-refractivity contribution is 7.90. The molecule has 0 spiro atoms. The number of hydrogen-bond acceptors (Lipinski definition) is 4. The molecule has 0 saturated heterocycles. The van der Waals surface area contributed by atoms with Gasteiger partial charge in [-0.3, -0.25) is 4.98 Å². The SMILES string of the molecule is O=C(NCc1ccncc1)Nc1ccc(S(=O)(=O)Cc2ccccc2)cc1. The number of nitrogens with zero attached hydrogens (tertiary/aromatic N) is 1. The van der Waals surface area contributed by atoms with Gasteiger partial charge in [-0.05, 0) is 47.5 Å². The molecule has 2 N–H and O–H groups in total. The van der Waals surface area contributed by atoms with Gasteiger partial charge >= 0.3 is 6.03 Å². The summed E-state index contributed by atoms with van der Waals surface area (Å²) in [6, 6.07) is 18.4. The number of amides is 2. The summed E-state index contributed by atoms with van der Waals surface area (Å²) < 4.78 is 25.0. The lowest BCUT2D eigenvalue weighted by atomic mass is 10.2. The summed E-state index contributed by atoms with van der Waals surface area (Å²) in [6.07, 6.45) is 3.31. The van der Waals surface area contributed by atoms with Crippen molar-refractivity contribution >= 4 is 21.6 Å². The van der Waals surface area contributed by atoms with Crippen LogP contribution in [0.15, 0.2) is 84.0 Å². The number of carbonyl (C=O) groups excluding carboxylic acids is 1. The highest BCUT2D eigenvalue weighted by atomic mass is 32.2. The third kappa shape index (κ3) is 5.39. The van der Waals surface area contributed by atoms with Gasteiger partial charge in [-0.25, -0.2) is 13.2 Å². The molecule has 0 radical (unpaired) electrons. The van der Waals surface area contributed by atoms with Crippen LogP contribution in [0.1, 0.15) is 11.1 Å². The largest absolute Gasteiger partial charge is 0.334 e. The lowest BCUT2D eigenvalue weighted by Gasteiger charge is -2.09. The van der Waals surface area contributed by atoms with E-state index in [-0.39, 0.29) is 16.7 Å². The van der Waals surface area contributed by atoms with Crippen LogP contribution in [0.3, 0.4) is 0 Å². The molecule has 0 aliphatic heterocycles. The molecule has 1 heterocycles. The number of benzene rings is 2. The Morgan fingerprint density at radius 1 is 0.852 bits per heavy atom. The van der Waals surface area contributed by atoms with Crippen LogP contribution in [0.25, 0.3) is 0 Å². The van der Waals surface area contributed by atoms with E-state index in [9.17, 15) is 13.2 Å². The van der Waals surface area contributed by atoms with E-state index in [1.165, 1.54) is 12.1 Å². The zero-order valence-corrected chi connectivity index (χ0v) is 15.3. The molecule has 27 heavy (non-hydrogen) atoms. The van der Waals surface area contributed by atoms with Gasteiger partial charge in [0, 0.05) is 24.6 Å². The van der Waals surface area contributed by atoms with Crippen LogP contribution in [-0.2, 0) is 22.1 Å². The molecule has 2 amide bonds. The Kier molecular flexibility index (Phi) is 5.83. The molecule has 0 bridgehead atoms. The smallest absolute Gasteiger partial charge is 0.319 e. The van der Waals surface area contributed by atoms with Crippen molar-refractivity contribution in [2.45, 2.75) is 17.2 Å². The summed E-state index contributed by atoms with van der Waals surface area (Å²) in [4.78, 5) is 16.1. The van der Waals surface area contributed by atoms with Gasteiger partial charge in [-0.15, -0.1) is 0 Å². The predicted octanol–water partition coefficient (Wildman–Crippen LogP) is 3.38. The normalized spacial score (nSPS) is 11.0. The quantitative estimate of drug-likeness (QED) is 0.685. The number of sulfone groups is 1. The van der Waals surface area contributed by atoms with Gasteiger partial charge in [0.25, 0.3) is 0 Å². The molecule has 0 atom stereocenters. The van der Waals surface area contributed by atoms with Crippen molar-refractivity contribution in [1.82, 2.24) is 10.3 Å². The minimum atomic E-state index is -3.44. The van der Waals surface area contributed by atoms with Crippen molar-refractivity contribution in [3.8, 4) is 0 Å². The Bertz CT molecular complexity index is 990. The van der Waals surface area contributed by atoms with Gasteiger partial charge in [-0.2, -0.15) is 0 Å². The highest BCUT2D eigenvalue weighted by Gasteiger charge is 2.15. The standard InChI is InChI=1S/C20H19N3O3S/c24-20(22-14-16-10-12-21-13-11-16)23-18-6-8-19(9-7-18)27(25,26)15-17-4-2-1-3-5-17/h1-13H,14-15H2,(H2,22,23,24). The number of pyridine rings is 1. The first-order chi connectivity index (χ1) is 13.0. The van der Waals surface area contributed by atoms with Crippen LogP contribution in [0, 0.1) is 0 Å². The second kappa shape index (κ2) is 8.46. The predicted molar refractivity (Wildman–Crippen MR) is 104 cm³/mol. The molecule has 1 aromatic heterocycles. The fraction of sp³-hybridized carbons (Fsp3) is 0.100. The molecular formula is C20H19N3O3S. The maximum absolute atomic E-state index is 12.5. The number of aromatic nitrogens is 1. The molecule has 138 valence electrons. The number of hydrogen-bond donors (Lipinski definition) is 2. The van der Waals surface area contributed by atoms with E-state index in [1.807, 2.05) is 30.3 Å². The Morgan fingerprint density at radius 3 is 2.19 bits per heavy atom. The summed E-state index contributed by atoms with van der Waals surface area (Å²) in [5.74, 6) is -0.0625. The number of rotatable bonds is 6. The number of nitrogens with one attached hydrogen (secondary N) is 2. The summed E-state index contributed by atoms with van der Waals surface area (Å²) in [5.41, 5.74) is 2.18. The zero-order chi connectivity index (χ0) is 19.1. The van der Waals surface area contributed by atoms with Crippen molar-refractivity contribution in [3.05, 3.63) is 90.3 Å². The molecule has 3 rings (SSSR count). The lowest BCUT2D eigenvalue weighted by Crippen LogP contribution is -2.28. The summed E-state index contributed by atoms with van der Waals surface area (Å²) >= 11 is 0. The van der Waals surface area contributed by atoms with E-state index >= 15 is 0 Å². The average molecular weight is 381 g/mol. The fourth-order valence-corrected chi connectivity index (χ4v) is 3.83. The van der Waals surface area contributed by atoms with Crippen LogP contribution in [0.5, 0.6) is 0 Å². The number of carbonyl (C=O) groups is 1. The molecule has 6 nitrogen and oxygen atoms in total. The highest BCUT2D eigenvalue weighted by Crippen LogP contribution is 2.19. The van der Waals surface area contributed by atoms with Crippen molar-refractivity contribution in [2.75, 3.05) is 5.32 Å². The van der Waals surface area contributed by atoms with Crippen LogP contribution in [0.2, 0.25) is 0 Å². The van der Waals surface area contributed by atoms with Crippen molar-refractivity contribution in [3.63, 3.8) is 0 Å². The molecule has 3 aromatic rings. The summed E-state index contributed by atoms with van der Waals surface area (Å²) in [7, 11) is -3.44. The minimum Gasteiger partial charge on any atom is -0.334 e. The van der Waals surface area contributed by atoms with E-state index in [0.717, 1.165) is 11.1 Å². The van der Waals surface area contributed by atoms with Crippen LogP contribution in [-0.4, -0.2) is 19.4 Å².